The van der Waals surface area contributed by atoms with Crippen LogP contribution < -0.4 is 0 Å². The number of hydrogen-bond donors (Lipinski definition) is 0. The monoisotopic (exact) mass is 278 g/mol. The molecular formula is C14H30O5. The summed E-state index contributed by atoms with van der Waals surface area (Å²) in [7, 11) is 1.66. The summed E-state index contributed by atoms with van der Waals surface area (Å²) in [4.78, 5) is 0. The molecular weight excluding hydrogens is 248 g/mol. The summed E-state index contributed by atoms with van der Waals surface area (Å²) in [6, 6.07) is 0. The quantitative estimate of drug-likeness (QED) is 0.480. The molecule has 19 heavy (non-hydrogen) atoms. The van der Waals surface area contributed by atoms with Crippen LogP contribution in [0.4, 0.5) is 0 Å². The van der Waals surface area contributed by atoms with Crippen LogP contribution >= 0.6 is 0 Å². The third-order valence-electron chi connectivity index (χ3n) is 2.08. The fourth-order valence-electron chi connectivity index (χ4n) is 1.18. The molecule has 0 aromatic rings. The van der Waals surface area contributed by atoms with Crippen LogP contribution in [0.2, 0.25) is 0 Å². The van der Waals surface area contributed by atoms with Gasteiger partial charge in [-0.15, -0.1) is 0 Å². The highest BCUT2D eigenvalue weighted by molar-refractivity contribution is 4.58. The van der Waals surface area contributed by atoms with Crippen LogP contribution in [0, 0.1) is 5.41 Å². The van der Waals surface area contributed by atoms with Crippen LogP contribution in [-0.4, -0.2) is 66.6 Å². The van der Waals surface area contributed by atoms with E-state index in [0.717, 1.165) is 6.61 Å². The summed E-state index contributed by atoms with van der Waals surface area (Å²) in [5.74, 6) is 0. The minimum absolute atomic E-state index is 0.214. The van der Waals surface area contributed by atoms with Crippen LogP contribution in [-0.2, 0) is 23.7 Å². The third kappa shape index (κ3) is 17.8. The highest BCUT2D eigenvalue weighted by Gasteiger charge is 2.09. The Morgan fingerprint density at radius 2 is 0.947 bits per heavy atom. The molecule has 0 aliphatic rings. The van der Waals surface area contributed by atoms with Gasteiger partial charge in [0.2, 0.25) is 0 Å². The molecule has 0 aliphatic heterocycles. The van der Waals surface area contributed by atoms with Gasteiger partial charge in [0, 0.05) is 7.11 Å². The standard InChI is InChI=1S/C14H30O5/c1-14(2,3)13-19-12-11-18-10-9-17-8-7-16-6-5-15-4/h5-13H2,1-4H3. The molecule has 0 radical (unpaired) electrons. The molecule has 0 rings (SSSR count). The van der Waals surface area contributed by atoms with Crippen LogP contribution in [0.3, 0.4) is 0 Å². The van der Waals surface area contributed by atoms with E-state index in [2.05, 4.69) is 20.8 Å². The molecule has 0 fully saturated rings. The minimum atomic E-state index is 0.214. The zero-order valence-corrected chi connectivity index (χ0v) is 12.9. The van der Waals surface area contributed by atoms with Gasteiger partial charge in [-0.3, -0.25) is 0 Å². The second kappa shape index (κ2) is 12.8. The zero-order valence-electron chi connectivity index (χ0n) is 12.9. The summed E-state index contributed by atoms with van der Waals surface area (Å²) in [5, 5.41) is 0. The van der Waals surface area contributed by atoms with Gasteiger partial charge in [0.25, 0.3) is 0 Å². The maximum Gasteiger partial charge on any atom is 0.0701 e. The lowest BCUT2D eigenvalue weighted by atomic mass is 9.99. The molecule has 0 aromatic carbocycles. The van der Waals surface area contributed by atoms with Crippen molar-refractivity contribution in [2.45, 2.75) is 20.8 Å². The lowest BCUT2D eigenvalue weighted by Crippen LogP contribution is -2.17. The summed E-state index contributed by atoms with van der Waals surface area (Å²) in [5.41, 5.74) is 0.214. The Hall–Kier alpha value is -0.200. The van der Waals surface area contributed by atoms with Gasteiger partial charge >= 0.3 is 0 Å². The largest absolute Gasteiger partial charge is 0.382 e. The van der Waals surface area contributed by atoms with E-state index in [-0.39, 0.29) is 5.41 Å². The molecule has 0 N–H and O–H groups in total. The molecule has 0 saturated carbocycles. The van der Waals surface area contributed by atoms with Crippen molar-refractivity contribution in [2.24, 2.45) is 5.41 Å². The first kappa shape index (κ1) is 18.8. The summed E-state index contributed by atoms with van der Waals surface area (Å²) < 4.78 is 26.3. The molecule has 0 atom stereocenters. The molecule has 0 bridgehead atoms. The maximum atomic E-state index is 5.48. The molecule has 0 unspecified atom stereocenters. The van der Waals surface area contributed by atoms with Gasteiger partial charge in [0.15, 0.2) is 0 Å². The highest BCUT2D eigenvalue weighted by Crippen LogP contribution is 2.12. The van der Waals surface area contributed by atoms with Gasteiger partial charge < -0.3 is 23.7 Å². The topological polar surface area (TPSA) is 46.2 Å². The van der Waals surface area contributed by atoms with Crippen LogP contribution in [0.15, 0.2) is 0 Å². The number of ether oxygens (including phenoxy) is 5. The predicted octanol–water partition coefficient (Wildman–Crippen LogP) is 1.75. The van der Waals surface area contributed by atoms with Crippen LogP contribution in [0.5, 0.6) is 0 Å². The Kier molecular flexibility index (Phi) is 12.7. The Morgan fingerprint density at radius 3 is 1.32 bits per heavy atom. The lowest BCUT2D eigenvalue weighted by molar-refractivity contribution is -0.0147. The smallest absolute Gasteiger partial charge is 0.0701 e. The summed E-state index contributed by atoms with van der Waals surface area (Å²) >= 11 is 0. The van der Waals surface area contributed by atoms with Gasteiger partial charge in [-0.2, -0.15) is 0 Å². The van der Waals surface area contributed by atoms with E-state index in [9.17, 15) is 0 Å². The molecule has 5 nitrogen and oxygen atoms in total. The Balaban J connectivity index is 2.99. The van der Waals surface area contributed by atoms with E-state index in [0.29, 0.717) is 52.9 Å². The van der Waals surface area contributed by atoms with Crippen molar-refractivity contribution >= 4 is 0 Å². The van der Waals surface area contributed by atoms with Crippen molar-refractivity contribution < 1.29 is 23.7 Å². The molecule has 0 aromatic heterocycles. The van der Waals surface area contributed by atoms with Gasteiger partial charge in [-0.05, 0) is 5.41 Å². The molecule has 116 valence electrons. The third-order valence-corrected chi connectivity index (χ3v) is 2.08. The van der Waals surface area contributed by atoms with Gasteiger partial charge in [0.1, 0.15) is 0 Å². The van der Waals surface area contributed by atoms with Crippen molar-refractivity contribution in [1.82, 2.24) is 0 Å². The van der Waals surface area contributed by atoms with E-state index in [1.165, 1.54) is 0 Å². The average Bonchev–Trinajstić information content (AvgIpc) is 2.34. The van der Waals surface area contributed by atoms with Gasteiger partial charge in [0.05, 0.1) is 59.5 Å². The fourth-order valence-corrected chi connectivity index (χ4v) is 1.18. The van der Waals surface area contributed by atoms with Gasteiger partial charge in [-0.25, -0.2) is 0 Å². The number of methoxy groups -OCH3 is 1. The molecule has 0 amide bonds. The van der Waals surface area contributed by atoms with Crippen molar-refractivity contribution in [1.29, 1.82) is 0 Å². The van der Waals surface area contributed by atoms with Crippen molar-refractivity contribution in [3.05, 3.63) is 0 Å². The fraction of sp³-hybridized carbons (Fsp3) is 1.00. The minimum Gasteiger partial charge on any atom is -0.382 e. The van der Waals surface area contributed by atoms with Crippen molar-refractivity contribution in [3.63, 3.8) is 0 Å². The number of hydrogen-bond acceptors (Lipinski definition) is 5. The molecule has 0 aliphatic carbocycles. The molecule has 0 spiro atoms. The SMILES string of the molecule is COCCOCCOCCOCCOCC(C)(C)C. The van der Waals surface area contributed by atoms with Crippen molar-refractivity contribution in [2.75, 3.05) is 66.6 Å². The average molecular weight is 278 g/mol. The Morgan fingerprint density at radius 1 is 0.579 bits per heavy atom. The van der Waals surface area contributed by atoms with Crippen LogP contribution in [0.1, 0.15) is 20.8 Å². The van der Waals surface area contributed by atoms with Gasteiger partial charge in [-0.1, -0.05) is 20.8 Å². The summed E-state index contributed by atoms with van der Waals surface area (Å²) in [6.07, 6.45) is 0. The van der Waals surface area contributed by atoms with E-state index in [4.69, 9.17) is 23.7 Å². The van der Waals surface area contributed by atoms with E-state index in [1.54, 1.807) is 7.11 Å². The second-order valence-corrected chi connectivity index (χ2v) is 5.44. The first-order valence-corrected chi connectivity index (χ1v) is 6.86. The first-order valence-electron chi connectivity index (χ1n) is 6.86. The van der Waals surface area contributed by atoms with E-state index in [1.807, 2.05) is 0 Å². The maximum absolute atomic E-state index is 5.48. The highest BCUT2D eigenvalue weighted by atomic mass is 16.6. The van der Waals surface area contributed by atoms with E-state index >= 15 is 0 Å². The Labute approximate surface area is 117 Å². The van der Waals surface area contributed by atoms with Crippen LogP contribution in [0.25, 0.3) is 0 Å². The molecule has 5 heteroatoms. The molecule has 0 saturated heterocycles. The Bertz CT molecular complexity index is 179. The second-order valence-electron chi connectivity index (χ2n) is 5.44. The summed E-state index contributed by atoms with van der Waals surface area (Å²) in [6.45, 7) is 12.1. The van der Waals surface area contributed by atoms with Crippen molar-refractivity contribution in [3.8, 4) is 0 Å². The predicted molar refractivity (Wildman–Crippen MR) is 74.6 cm³/mol. The normalized spacial score (nSPS) is 12.0. The number of rotatable bonds is 13. The van der Waals surface area contributed by atoms with E-state index < -0.39 is 0 Å². The zero-order chi connectivity index (χ0) is 14.4. The lowest BCUT2D eigenvalue weighted by Gasteiger charge is -2.17. The first-order chi connectivity index (χ1) is 9.06. The molecule has 0 heterocycles.